The van der Waals surface area contributed by atoms with Crippen LogP contribution in [0.15, 0.2) is 0 Å². The van der Waals surface area contributed by atoms with Gasteiger partial charge in [-0.3, -0.25) is 0 Å². The number of hydrogen-bond acceptors (Lipinski definition) is 4. The Labute approximate surface area is 124 Å². The van der Waals surface area contributed by atoms with Gasteiger partial charge in [-0.05, 0) is 12.8 Å². The quantitative estimate of drug-likeness (QED) is 0.546. The molecule has 12 heteroatoms. The Bertz CT molecular complexity index is 463. The maximum Gasteiger partial charge on any atom is 1.00 e. The third-order valence-electron chi connectivity index (χ3n) is 1.76. The molecule has 0 fully saturated rings. The third kappa shape index (κ3) is 6.46. The van der Waals surface area contributed by atoms with Crippen molar-refractivity contribution in [3.05, 3.63) is 4.13 Å². The van der Waals surface area contributed by atoms with Crippen molar-refractivity contribution in [2.24, 2.45) is 0 Å². The van der Waals surface area contributed by atoms with Gasteiger partial charge in [0.1, 0.15) is 10.2 Å². The van der Waals surface area contributed by atoms with Crippen LogP contribution in [0.5, 0.6) is 0 Å². The van der Waals surface area contributed by atoms with E-state index in [1.165, 1.54) is 0 Å². The Balaban J connectivity index is -0.00000144. The molecule has 0 amide bonds. The topological polar surface area (TPSA) is 85.6 Å². The molecule has 0 heterocycles. The van der Waals surface area contributed by atoms with Crippen LogP contribution in [0.3, 0.4) is 0 Å². The van der Waals surface area contributed by atoms with E-state index in [0.717, 1.165) is 0 Å². The smallest absolute Gasteiger partial charge is 1.00 e. The van der Waals surface area contributed by atoms with Crippen molar-refractivity contribution in [3.63, 3.8) is 0 Å². The molecule has 0 saturated carbocycles. The van der Waals surface area contributed by atoms with E-state index in [-0.39, 0.29) is 33.4 Å². The van der Waals surface area contributed by atoms with E-state index in [9.17, 15) is 30.0 Å². The largest absolute Gasteiger partial charge is 1.00 e. The average Bonchev–Trinajstić information content (AvgIpc) is 2.14. The zero-order valence-electron chi connectivity index (χ0n) is 11.8. The van der Waals surface area contributed by atoms with Gasteiger partial charge in [0, 0.05) is 13.1 Å². The molecule has 0 N–H and O–H groups in total. The van der Waals surface area contributed by atoms with E-state index < -0.39 is 25.7 Å². The molecule has 0 atom stereocenters. The number of rotatable bonds is 7. The fourth-order valence-corrected chi connectivity index (χ4v) is 3.59. The molecule has 0 aromatic rings. The molecule has 112 valence electrons. The van der Waals surface area contributed by atoms with Gasteiger partial charge < -0.3 is 5.55 Å². The molecular weight excluding hydrogens is 304 g/mol. The van der Waals surface area contributed by atoms with Crippen molar-refractivity contribution in [3.8, 4) is 0 Å². The summed E-state index contributed by atoms with van der Waals surface area (Å²) in [6.45, 7) is 3.03. The van der Waals surface area contributed by atoms with Gasteiger partial charge in [0.15, 0.2) is 10.0 Å². The summed E-state index contributed by atoms with van der Waals surface area (Å²) in [6.07, 6.45) is 0.668. The Kier molecular flexibility index (Phi) is 8.88. The van der Waals surface area contributed by atoms with E-state index in [1.807, 2.05) is 4.13 Å². The van der Waals surface area contributed by atoms with Crippen LogP contribution in [-0.2, 0) is 20.2 Å². The second-order valence-corrected chi connectivity index (χ2v) is 6.79. The fraction of sp³-hybridized carbons (Fsp3) is 1.00. The molecule has 0 unspecified atom stereocenters. The molecule has 0 aliphatic carbocycles. The summed E-state index contributed by atoms with van der Waals surface area (Å²) in [5.74, 6) is 0. The second-order valence-electron chi connectivity index (χ2n) is 3.37. The molecule has 0 aliphatic heterocycles. The van der Waals surface area contributed by atoms with Crippen LogP contribution in [0.4, 0.5) is 13.2 Å². The molecule has 0 rings (SSSR count). The number of sulfonamides is 1. The van der Waals surface area contributed by atoms with Crippen molar-refractivity contribution >= 4 is 20.2 Å². The number of hydrogen-bond donors (Lipinski definition) is 0. The molecule has 0 aromatic heterocycles. The van der Waals surface area contributed by atoms with Gasteiger partial charge in [0.05, 0.1) is 0 Å². The van der Waals surface area contributed by atoms with Crippen LogP contribution in [-0.4, -0.2) is 39.7 Å². The molecule has 0 aliphatic rings. The zero-order valence-corrected chi connectivity index (χ0v) is 12.4. The van der Waals surface area contributed by atoms with Crippen LogP contribution < -0.4 is 18.9 Å². The predicted molar refractivity (Wildman–Crippen MR) is 60.5 cm³/mol. The molecule has 19 heavy (non-hydrogen) atoms. The maximum atomic E-state index is 12.0. The molecule has 0 aromatic carbocycles. The number of alkyl halides is 3. The Morgan fingerprint density at radius 2 is 1.42 bits per heavy atom. The number of halogens is 3. The van der Waals surface area contributed by atoms with Gasteiger partial charge >= 0.3 is 24.4 Å². The Hall–Kier alpha value is 0.207. The molecule has 0 bridgehead atoms. The monoisotopic (exact) mass is 319 g/mol. The fourth-order valence-electron chi connectivity index (χ4n) is 1.05. The molecule has 6 nitrogen and oxygen atoms in total. The van der Waals surface area contributed by atoms with Gasteiger partial charge in [-0.15, -0.1) is 0 Å². The second kappa shape index (κ2) is 7.85. The standard InChI is InChI=1S/C7H14F3N2O4S2.Li.H/c1-3-5-12(6-4-2)18(15,16)11-17(13,14)7(8,9)10;;/h3-6H2,1-2H3;;/q-1;+1;-1. The van der Waals surface area contributed by atoms with Gasteiger partial charge in [0.2, 0.25) is 0 Å². The van der Waals surface area contributed by atoms with Crippen molar-refractivity contribution in [2.45, 2.75) is 32.2 Å². The van der Waals surface area contributed by atoms with E-state index >= 15 is 0 Å². The van der Waals surface area contributed by atoms with Crippen molar-refractivity contribution in [1.29, 1.82) is 0 Å². The summed E-state index contributed by atoms with van der Waals surface area (Å²) in [5, 5.41) is 0. The molecule has 0 spiro atoms. The Morgan fingerprint density at radius 1 is 1.05 bits per heavy atom. The van der Waals surface area contributed by atoms with Gasteiger partial charge in [-0.2, -0.15) is 13.2 Å². The third-order valence-corrected chi connectivity index (χ3v) is 4.90. The first-order valence-corrected chi connectivity index (χ1v) is 7.87. The molecular formula is C7H15F3LiN2O4S2-. The van der Waals surface area contributed by atoms with E-state index in [0.29, 0.717) is 17.1 Å². The maximum absolute atomic E-state index is 12.0. The van der Waals surface area contributed by atoms with E-state index in [4.69, 9.17) is 0 Å². The SMILES string of the molecule is CCCN(CCC)S(=O)(=O)[N-]S(=O)(=O)C(F)(F)F.[H-].[Li+]. The van der Waals surface area contributed by atoms with Crippen molar-refractivity contribution in [2.75, 3.05) is 13.1 Å². The first-order valence-electron chi connectivity index (χ1n) is 5.03. The zero-order chi connectivity index (χ0) is 14.6. The van der Waals surface area contributed by atoms with Crippen LogP contribution in [0, 0.1) is 0 Å². The van der Waals surface area contributed by atoms with Crippen LogP contribution in [0.25, 0.3) is 4.13 Å². The minimum atomic E-state index is -6.04. The summed E-state index contributed by atoms with van der Waals surface area (Å²) in [6, 6.07) is 0. The van der Waals surface area contributed by atoms with Gasteiger partial charge in [0.25, 0.3) is 0 Å². The summed E-state index contributed by atoms with van der Waals surface area (Å²) in [7, 11) is -10.9. The van der Waals surface area contributed by atoms with Crippen molar-refractivity contribution < 1.29 is 50.3 Å². The number of nitrogens with zero attached hydrogens (tertiary/aromatic N) is 2. The van der Waals surface area contributed by atoms with Crippen molar-refractivity contribution in [1.82, 2.24) is 4.31 Å². The minimum Gasteiger partial charge on any atom is -1.00 e. The van der Waals surface area contributed by atoms with Gasteiger partial charge in [-0.1, -0.05) is 13.8 Å². The summed E-state index contributed by atoms with van der Waals surface area (Å²) in [5.41, 5.74) is -5.72. The minimum absolute atomic E-state index is 0. The average molecular weight is 319 g/mol. The molecule has 0 radical (unpaired) electrons. The summed E-state index contributed by atoms with van der Waals surface area (Å²) >= 11 is 0. The van der Waals surface area contributed by atoms with Gasteiger partial charge in [-0.25, -0.2) is 21.1 Å². The first-order chi connectivity index (χ1) is 7.98. The van der Waals surface area contributed by atoms with E-state index in [1.54, 1.807) is 13.8 Å². The molecule has 0 saturated heterocycles. The first kappa shape index (κ1) is 21.5. The van der Waals surface area contributed by atoms with E-state index in [2.05, 4.69) is 0 Å². The van der Waals surface area contributed by atoms with Crippen LogP contribution in [0.1, 0.15) is 28.1 Å². The van der Waals surface area contributed by atoms with Crippen LogP contribution >= 0.6 is 0 Å². The summed E-state index contributed by atoms with van der Waals surface area (Å²) < 4.78 is 83.0. The normalized spacial score (nSPS) is 13.4. The van der Waals surface area contributed by atoms with Crippen LogP contribution in [0.2, 0.25) is 0 Å². The predicted octanol–water partition coefficient (Wildman–Crippen LogP) is -1.31. The Morgan fingerprint density at radius 3 is 1.68 bits per heavy atom. The summed E-state index contributed by atoms with van der Waals surface area (Å²) in [4.78, 5) is 0.